The van der Waals surface area contributed by atoms with Gasteiger partial charge in [-0.05, 0) is 63.3 Å². The number of sulfonamides is 1. The van der Waals surface area contributed by atoms with Crippen LogP contribution in [0.5, 0.6) is 5.75 Å². The van der Waals surface area contributed by atoms with Gasteiger partial charge < -0.3 is 9.64 Å². The predicted molar refractivity (Wildman–Crippen MR) is 130 cm³/mol. The number of hydrogen-bond acceptors (Lipinski definition) is 7. The number of rotatable bonds is 8. The second-order valence-corrected chi connectivity index (χ2v) is 11.2. The number of benzene rings is 2. The van der Waals surface area contributed by atoms with E-state index in [9.17, 15) is 17.6 Å². The second kappa shape index (κ2) is 9.95. The van der Waals surface area contributed by atoms with Crippen molar-refractivity contribution in [3.8, 4) is 5.75 Å². The van der Waals surface area contributed by atoms with E-state index < -0.39 is 21.9 Å². The summed E-state index contributed by atoms with van der Waals surface area (Å²) in [5, 5.41) is 0.362. The molecule has 0 aliphatic carbocycles. The van der Waals surface area contributed by atoms with E-state index in [1.54, 1.807) is 24.3 Å². The van der Waals surface area contributed by atoms with Crippen molar-refractivity contribution in [2.24, 2.45) is 0 Å². The molecule has 2 aromatic carbocycles. The third kappa shape index (κ3) is 4.78. The smallest absolute Gasteiger partial charge is 0.247 e. The van der Waals surface area contributed by atoms with Crippen LogP contribution < -0.4 is 9.64 Å². The lowest BCUT2D eigenvalue weighted by molar-refractivity contribution is -0.121. The SMILES string of the molecule is COc1ccc(S(=O)(=O)N2CCCC2C(=O)N(CCN(C)C)c2nc3c(F)cccc3s2)cc1. The summed E-state index contributed by atoms with van der Waals surface area (Å²) in [6.07, 6.45) is 0.980. The Balaban J connectivity index is 1.67. The van der Waals surface area contributed by atoms with Gasteiger partial charge in [-0.1, -0.05) is 17.4 Å². The predicted octanol–water partition coefficient (Wildman–Crippen LogP) is 3.19. The molecule has 8 nitrogen and oxygen atoms in total. The molecule has 0 spiro atoms. The fourth-order valence-electron chi connectivity index (χ4n) is 3.96. The van der Waals surface area contributed by atoms with E-state index in [2.05, 4.69) is 4.98 Å². The lowest BCUT2D eigenvalue weighted by atomic mass is 10.2. The molecule has 2 heterocycles. The van der Waals surface area contributed by atoms with Crippen molar-refractivity contribution in [2.45, 2.75) is 23.8 Å². The van der Waals surface area contributed by atoms with Crippen molar-refractivity contribution in [3.05, 3.63) is 48.3 Å². The first-order valence-electron chi connectivity index (χ1n) is 10.9. The number of aromatic nitrogens is 1. The van der Waals surface area contributed by atoms with Gasteiger partial charge in [-0.3, -0.25) is 9.69 Å². The lowest BCUT2D eigenvalue weighted by Crippen LogP contribution is -2.49. The minimum absolute atomic E-state index is 0.106. The van der Waals surface area contributed by atoms with Crippen molar-refractivity contribution in [1.82, 2.24) is 14.2 Å². The van der Waals surface area contributed by atoms with Crippen LogP contribution in [0.15, 0.2) is 47.4 Å². The Bertz CT molecular complexity index is 1280. The van der Waals surface area contributed by atoms with Crippen LogP contribution in [-0.4, -0.2) is 75.4 Å². The van der Waals surface area contributed by atoms with Gasteiger partial charge in [0, 0.05) is 19.6 Å². The van der Waals surface area contributed by atoms with E-state index in [-0.39, 0.29) is 22.9 Å². The third-order valence-corrected chi connectivity index (χ3v) is 8.75. The zero-order valence-corrected chi connectivity index (χ0v) is 20.9. The zero-order valence-electron chi connectivity index (χ0n) is 19.3. The van der Waals surface area contributed by atoms with Gasteiger partial charge in [0.25, 0.3) is 0 Å². The molecule has 0 N–H and O–H groups in total. The number of ether oxygens (including phenoxy) is 1. The number of methoxy groups -OCH3 is 1. The molecule has 1 atom stereocenters. The van der Waals surface area contributed by atoms with E-state index in [1.165, 1.54) is 45.9 Å². The van der Waals surface area contributed by atoms with E-state index in [0.29, 0.717) is 41.5 Å². The molecule has 1 fully saturated rings. The summed E-state index contributed by atoms with van der Waals surface area (Å²) in [4.78, 5) is 21.7. The highest BCUT2D eigenvalue weighted by Crippen LogP contribution is 2.33. The summed E-state index contributed by atoms with van der Waals surface area (Å²) >= 11 is 1.22. The maximum Gasteiger partial charge on any atom is 0.247 e. The van der Waals surface area contributed by atoms with Crippen LogP contribution in [0, 0.1) is 5.82 Å². The standard InChI is InChI=1S/C23H27FN4O4S2/c1-26(2)14-15-27(23-25-21-18(24)6-4-8-20(21)33-23)22(29)19-7-5-13-28(19)34(30,31)17-11-9-16(32-3)10-12-17/h4,6,8-12,19H,5,7,13-15H2,1-3H3. The monoisotopic (exact) mass is 506 g/mol. The molecule has 1 aliphatic rings. The van der Waals surface area contributed by atoms with E-state index in [1.807, 2.05) is 19.0 Å². The normalized spacial score (nSPS) is 16.9. The van der Waals surface area contributed by atoms with Gasteiger partial charge in [-0.15, -0.1) is 0 Å². The number of thiazole rings is 1. The molecule has 1 aliphatic heterocycles. The largest absolute Gasteiger partial charge is 0.497 e. The Labute approximate surface area is 202 Å². The molecule has 11 heteroatoms. The van der Waals surface area contributed by atoms with Crippen molar-refractivity contribution < 1.29 is 22.3 Å². The number of anilines is 1. The number of fused-ring (bicyclic) bond motifs is 1. The fourth-order valence-corrected chi connectivity index (χ4v) is 6.62. The molecule has 3 aromatic rings. The van der Waals surface area contributed by atoms with E-state index in [0.717, 1.165) is 0 Å². The van der Waals surface area contributed by atoms with Gasteiger partial charge in [-0.2, -0.15) is 4.31 Å². The number of likely N-dealkylation sites (N-methyl/N-ethyl adjacent to an activating group) is 1. The molecule has 1 aromatic heterocycles. The third-order valence-electron chi connectivity index (χ3n) is 5.78. The molecule has 0 radical (unpaired) electrons. The quantitative estimate of drug-likeness (QED) is 0.467. The van der Waals surface area contributed by atoms with Crippen LogP contribution in [0.1, 0.15) is 12.8 Å². The minimum Gasteiger partial charge on any atom is -0.497 e. The van der Waals surface area contributed by atoms with Crippen LogP contribution in [0.3, 0.4) is 0 Å². The average molecular weight is 507 g/mol. The number of nitrogens with zero attached hydrogens (tertiary/aromatic N) is 4. The van der Waals surface area contributed by atoms with E-state index >= 15 is 0 Å². The summed E-state index contributed by atoms with van der Waals surface area (Å²) < 4.78 is 48.1. The maximum absolute atomic E-state index is 14.3. The lowest BCUT2D eigenvalue weighted by Gasteiger charge is -2.29. The van der Waals surface area contributed by atoms with Crippen molar-refractivity contribution in [2.75, 3.05) is 45.7 Å². The number of halogens is 1. The van der Waals surface area contributed by atoms with Gasteiger partial charge in [-0.25, -0.2) is 17.8 Å². The van der Waals surface area contributed by atoms with Gasteiger partial charge in [0.15, 0.2) is 5.13 Å². The van der Waals surface area contributed by atoms with Crippen molar-refractivity contribution in [1.29, 1.82) is 0 Å². The first-order valence-corrected chi connectivity index (χ1v) is 13.1. The summed E-state index contributed by atoms with van der Waals surface area (Å²) in [5.74, 6) is -0.258. The Kier molecular flexibility index (Phi) is 7.17. The topological polar surface area (TPSA) is 83.0 Å². The van der Waals surface area contributed by atoms with Crippen molar-refractivity contribution in [3.63, 3.8) is 0 Å². The highest BCUT2D eigenvalue weighted by atomic mass is 32.2. The molecular formula is C23H27FN4O4S2. The molecule has 182 valence electrons. The van der Waals surface area contributed by atoms with Gasteiger partial charge in [0.2, 0.25) is 15.9 Å². The molecule has 4 rings (SSSR count). The summed E-state index contributed by atoms with van der Waals surface area (Å²) in [5.41, 5.74) is 0.208. The summed E-state index contributed by atoms with van der Waals surface area (Å²) in [6, 6.07) is 9.96. The summed E-state index contributed by atoms with van der Waals surface area (Å²) in [7, 11) is 1.39. The first kappa shape index (κ1) is 24.5. The molecule has 1 unspecified atom stereocenters. The van der Waals surface area contributed by atoms with Crippen molar-refractivity contribution >= 4 is 42.6 Å². The van der Waals surface area contributed by atoms with Crippen LogP contribution in [0.2, 0.25) is 0 Å². The van der Waals surface area contributed by atoms with Gasteiger partial charge in [0.05, 0.1) is 16.7 Å². The molecule has 1 amide bonds. The Hall–Kier alpha value is -2.60. The fraction of sp³-hybridized carbons (Fsp3) is 0.391. The Morgan fingerprint density at radius 1 is 1.21 bits per heavy atom. The highest BCUT2D eigenvalue weighted by Gasteiger charge is 2.42. The molecule has 34 heavy (non-hydrogen) atoms. The number of hydrogen-bond donors (Lipinski definition) is 0. The van der Waals surface area contributed by atoms with E-state index in [4.69, 9.17) is 4.74 Å². The van der Waals surface area contributed by atoms with Crippen LogP contribution >= 0.6 is 11.3 Å². The van der Waals surface area contributed by atoms with Gasteiger partial charge >= 0.3 is 0 Å². The van der Waals surface area contributed by atoms with Crippen LogP contribution in [0.25, 0.3) is 10.2 Å². The highest BCUT2D eigenvalue weighted by molar-refractivity contribution is 7.89. The van der Waals surface area contributed by atoms with Crippen LogP contribution in [-0.2, 0) is 14.8 Å². The Morgan fingerprint density at radius 2 is 1.94 bits per heavy atom. The maximum atomic E-state index is 14.3. The molecule has 1 saturated heterocycles. The zero-order chi connectivity index (χ0) is 24.5. The summed E-state index contributed by atoms with van der Waals surface area (Å²) in [6.45, 7) is 1.10. The first-order chi connectivity index (χ1) is 16.2. The molecule has 0 saturated carbocycles. The number of para-hydroxylation sites is 1. The molecular weight excluding hydrogens is 479 g/mol. The average Bonchev–Trinajstić information content (AvgIpc) is 3.47. The Morgan fingerprint density at radius 3 is 2.59 bits per heavy atom. The molecule has 0 bridgehead atoms. The number of carbonyl (C=O) groups is 1. The number of carbonyl (C=O) groups excluding carboxylic acids is 1. The van der Waals surface area contributed by atoms with Gasteiger partial charge in [0.1, 0.15) is 23.1 Å². The number of amides is 1. The second-order valence-electron chi connectivity index (χ2n) is 8.33. The van der Waals surface area contributed by atoms with Crippen LogP contribution in [0.4, 0.5) is 9.52 Å². The minimum atomic E-state index is -3.89.